The molecule has 1 fully saturated rings. The topological polar surface area (TPSA) is 24.5 Å². The Balaban J connectivity index is 2.24. The molecule has 0 aromatic carbocycles. The fourth-order valence-corrected chi connectivity index (χ4v) is 2.31. The Bertz CT molecular complexity index is 326. The summed E-state index contributed by atoms with van der Waals surface area (Å²) < 4.78 is 5.18. The Kier molecular flexibility index (Phi) is 7.53. The van der Waals surface area contributed by atoms with Gasteiger partial charge in [0.1, 0.15) is 5.76 Å². The van der Waals surface area contributed by atoms with Crippen molar-refractivity contribution in [2.45, 2.75) is 32.2 Å². The summed E-state index contributed by atoms with van der Waals surface area (Å²) in [4.78, 5) is 2.53. The Morgan fingerprint density at radius 2 is 2.05 bits per heavy atom. The van der Waals surface area contributed by atoms with Crippen LogP contribution in [-0.2, 0) is 4.74 Å². The predicted molar refractivity (Wildman–Crippen MR) is 82.2 cm³/mol. The first-order valence-corrected chi connectivity index (χ1v) is 7.15. The number of hydrogen-bond acceptors (Lipinski definition) is 3. The molecule has 108 valence electrons. The average molecular weight is 264 g/mol. The summed E-state index contributed by atoms with van der Waals surface area (Å²) in [5.74, 6) is 0.885. The smallest absolute Gasteiger partial charge is 0.114 e. The molecule has 19 heavy (non-hydrogen) atoms. The van der Waals surface area contributed by atoms with Gasteiger partial charge in [0.05, 0.1) is 7.11 Å². The maximum Gasteiger partial charge on any atom is 0.114 e. The molecular weight excluding hydrogens is 236 g/mol. The van der Waals surface area contributed by atoms with Gasteiger partial charge >= 0.3 is 0 Å². The third-order valence-corrected chi connectivity index (χ3v) is 3.75. The second-order valence-electron chi connectivity index (χ2n) is 5.04. The van der Waals surface area contributed by atoms with E-state index in [-0.39, 0.29) is 0 Å². The molecule has 1 rings (SSSR count). The van der Waals surface area contributed by atoms with Crippen LogP contribution in [0.3, 0.4) is 0 Å². The third-order valence-electron chi connectivity index (χ3n) is 3.75. The highest BCUT2D eigenvalue weighted by molar-refractivity contribution is 5.22. The van der Waals surface area contributed by atoms with Gasteiger partial charge < -0.3 is 15.0 Å². The highest BCUT2D eigenvalue weighted by Crippen LogP contribution is 2.12. The van der Waals surface area contributed by atoms with Crippen LogP contribution < -0.4 is 5.32 Å². The monoisotopic (exact) mass is 264 g/mol. The summed E-state index contributed by atoms with van der Waals surface area (Å²) in [6, 6.07) is 0.707. The molecule has 3 nitrogen and oxygen atoms in total. The molecule has 0 aliphatic carbocycles. The van der Waals surface area contributed by atoms with Crippen molar-refractivity contribution in [2.24, 2.45) is 0 Å². The zero-order valence-electron chi connectivity index (χ0n) is 12.6. The van der Waals surface area contributed by atoms with Gasteiger partial charge in [-0.3, -0.25) is 0 Å². The fourth-order valence-electron chi connectivity index (χ4n) is 2.31. The molecule has 0 amide bonds. The van der Waals surface area contributed by atoms with Gasteiger partial charge in [-0.25, -0.2) is 0 Å². The van der Waals surface area contributed by atoms with Crippen LogP contribution in [0, 0.1) is 0 Å². The van der Waals surface area contributed by atoms with Gasteiger partial charge in [-0.2, -0.15) is 0 Å². The number of likely N-dealkylation sites (tertiary alicyclic amines) is 1. The first kappa shape index (κ1) is 16.0. The van der Waals surface area contributed by atoms with Gasteiger partial charge in [0, 0.05) is 12.6 Å². The molecule has 0 saturated carbocycles. The molecule has 0 spiro atoms. The normalized spacial score (nSPS) is 19.0. The third kappa shape index (κ3) is 6.08. The van der Waals surface area contributed by atoms with Crippen LogP contribution >= 0.6 is 0 Å². The molecule has 0 aromatic heterocycles. The van der Waals surface area contributed by atoms with E-state index < -0.39 is 0 Å². The van der Waals surface area contributed by atoms with E-state index in [1.807, 2.05) is 19.1 Å². The van der Waals surface area contributed by atoms with Crippen LogP contribution in [0.2, 0.25) is 0 Å². The summed E-state index contributed by atoms with van der Waals surface area (Å²) >= 11 is 0. The molecule has 0 aromatic rings. The van der Waals surface area contributed by atoms with E-state index in [9.17, 15) is 0 Å². The first-order valence-electron chi connectivity index (χ1n) is 7.15. The lowest BCUT2D eigenvalue weighted by atomic mass is 10.0. The Morgan fingerprint density at radius 1 is 1.37 bits per heavy atom. The maximum absolute atomic E-state index is 5.18. The van der Waals surface area contributed by atoms with Crippen LogP contribution in [0.25, 0.3) is 0 Å². The zero-order valence-corrected chi connectivity index (χ0v) is 12.6. The number of piperidine rings is 1. The Morgan fingerprint density at radius 3 is 2.58 bits per heavy atom. The van der Waals surface area contributed by atoms with Crippen LogP contribution in [0.1, 0.15) is 26.2 Å². The van der Waals surface area contributed by atoms with Gasteiger partial charge in [0.2, 0.25) is 0 Å². The Labute approximate surface area is 118 Å². The van der Waals surface area contributed by atoms with E-state index in [1.165, 1.54) is 25.9 Å². The molecule has 1 heterocycles. The largest absolute Gasteiger partial charge is 0.497 e. The summed E-state index contributed by atoms with van der Waals surface area (Å²) in [5.41, 5.74) is 1.16. The SMILES string of the molecule is C=C(/C=C\C(=C/C)OC)CCN1CCC(NC)CC1. The van der Waals surface area contributed by atoms with Crippen molar-refractivity contribution in [3.05, 3.63) is 36.1 Å². The van der Waals surface area contributed by atoms with E-state index in [1.54, 1.807) is 7.11 Å². The van der Waals surface area contributed by atoms with Gasteiger partial charge in [0.25, 0.3) is 0 Å². The van der Waals surface area contributed by atoms with E-state index in [4.69, 9.17) is 4.74 Å². The van der Waals surface area contributed by atoms with Crippen molar-refractivity contribution < 1.29 is 4.74 Å². The molecule has 1 aliphatic heterocycles. The minimum atomic E-state index is 0.707. The minimum Gasteiger partial charge on any atom is -0.497 e. The van der Waals surface area contributed by atoms with Crippen molar-refractivity contribution in [3.8, 4) is 0 Å². The minimum absolute atomic E-state index is 0.707. The van der Waals surface area contributed by atoms with Crippen molar-refractivity contribution in [1.29, 1.82) is 0 Å². The number of nitrogens with one attached hydrogen (secondary N) is 1. The highest BCUT2D eigenvalue weighted by Gasteiger charge is 2.16. The molecule has 3 heteroatoms. The Hall–Kier alpha value is -1.06. The van der Waals surface area contributed by atoms with Crippen LogP contribution in [-0.4, -0.2) is 44.7 Å². The zero-order chi connectivity index (χ0) is 14.1. The van der Waals surface area contributed by atoms with E-state index in [2.05, 4.69) is 29.9 Å². The average Bonchev–Trinajstić information content (AvgIpc) is 2.46. The molecule has 1 aliphatic rings. The van der Waals surface area contributed by atoms with Crippen LogP contribution in [0.15, 0.2) is 36.1 Å². The van der Waals surface area contributed by atoms with Crippen molar-refractivity contribution in [2.75, 3.05) is 33.8 Å². The molecule has 1 saturated heterocycles. The lowest BCUT2D eigenvalue weighted by Gasteiger charge is -2.31. The predicted octanol–water partition coefficient (Wildman–Crippen LogP) is 2.72. The number of rotatable bonds is 7. The number of hydrogen-bond donors (Lipinski definition) is 1. The van der Waals surface area contributed by atoms with Crippen LogP contribution in [0.4, 0.5) is 0 Å². The van der Waals surface area contributed by atoms with E-state index in [0.29, 0.717) is 6.04 Å². The number of ether oxygens (including phenoxy) is 1. The van der Waals surface area contributed by atoms with Gasteiger partial charge in [-0.15, -0.1) is 0 Å². The highest BCUT2D eigenvalue weighted by atomic mass is 16.5. The lowest BCUT2D eigenvalue weighted by molar-refractivity contribution is 0.204. The summed E-state index contributed by atoms with van der Waals surface area (Å²) in [7, 11) is 3.75. The van der Waals surface area contributed by atoms with Crippen LogP contribution in [0.5, 0.6) is 0 Å². The molecule has 0 radical (unpaired) electrons. The van der Waals surface area contributed by atoms with Gasteiger partial charge in [-0.1, -0.05) is 18.2 Å². The second-order valence-corrected chi connectivity index (χ2v) is 5.04. The second kappa shape index (κ2) is 8.94. The van der Waals surface area contributed by atoms with Crippen molar-refractivity contribution >= 4 is 0 Å². The van der Waals surface area contributed by atoms with E-state index >= 15 is 0 Å². The number of nitrogens with zero attached hydrogens (tertiary/aromatic N) is 1. The molecule has 0 unspecified atom stereocenters. The van der Waals surface area contributed by atoms with E-state index in [0.717, 1.165) is 24.3 Å². The summed E-state index contributed by atoms with van der Waals surface area (Å²) in [6.45, 7) is 9.57. The fraction of sp³-hybridized carbons (Fsp3) is 0.625. The maximum atomic E-state index is 5.18. The van der Waals surface area contributed by atoms with Gasteiger partial charge in [0.15, 0.2) is 0 Å². The quantitative estimate of drug-likeness (QED) is 0.565. The summed E-state index contributed by atoms with van der Waals surface area (Å²) in [5, 5.41) is 3.36. The molecule has 1 N–H and O–H groups in total. The molecular formula is C16H28N2O. The number of allylic oxidation sites excluding steroid dienone is 3. The molecule has 0 atom stereocenters. The summed E-state index contributed by atoms with van der Waals surface area (Å²) in [6.07, 6.45) is 9.53. The lowest BCUT2D eigenvalue weighted by Crippen LogP contribution is -2.41. The first-order chi connectivity index (χ1) is 9.19. The molecule has 0 bridgehead atoms. The van der Waals surface area contributed by atoms with Crippen molar-refractivity contribution in [1.82, 2.24) is 10.2 Å². The standard InChI is InChI=1S/C16H28N2O/c1-5-16(19-4)7-6-14(2)8-11-18-12-9-15(17-3)10-13-18/h5-7,15,17H,2,8-13H2,1,3-4H3/b7-6-,16-5+. The van der Waals surface area contributed by atoms with Crippen molar-refractivity contribution in [3.63, 3.8) is 0 Å². The van der Waals surface area contributed by atoms with Gasteiger partial charge in [-0.05, 0) is 58.5 Å². The number of methoxy groups -OCH3 is 1.